The molecule has 0 aromatic rings. The van der Waals surface area contributed by atoms with E-state index in [2.05, 4.69) is 19.1 Å². The molecule has 0 unspecified atom stereocenters. The Morgan fingerprint density at radius 3 is 1.05 bits per heavy atom. The minimum absolute atomic E-state index is 0.173. The van der Waals surface area contributed by atoms with E-state index in [1.54, 1.807) is 0 Å². The Morgan fingerprint density at radius 1 is 0.429 bits per heavy atom. The van der Waals surface area contributed by atoms with Crippen molar-refractivity contribution in [3.63, 3.8) is 0 Å². The van der Waals surface area contributed by atoms with Crippen LogP contribution in [-0.4, -0.2) is 63.9 Å². The van der Waals surface area contributed by atoms with Crippen LogP contribution in [0.3, 0.4) is 0 Å². The van der Waals surface area contributed by atoms with Gasteiger partial charge in [-0.15, -0.1) is 0 Å². The third-order valence-electron chi connectivity index (χ3n) is 8.46. The molecular formula is C35H66NO6+. The summed E-state index contributed by atoms with van der Waals surface area (Å²) in [5, 5.41) is 27.1. The summed E-state index contributed by atoms with van der Waals surface area (Å²) in [5.41, 5.74) is 0. The van der Waals surface area contributed by atoms with Crippen LogP contribution in [0.5, 0.6) is 0 Å². The molecule has 7 nitrogen and oxygen atoms in total. The molecule has 0 saturated carbocycles. The third kappa shape index (κ3) is 28.2. The van der Waals surface area contributed by atoms with Gasteiger partial charge in [-0.3, -0.25) is 14.4 Å². The normalized spacial score (nSPS) is 11.8. The van der Waals surface area contributed by atoms with E-state index in [9.17, 15) is 14.4 Å². The summed E-state index contributed by atoms with van der Waals surface area (Å²) in [6.07, 6.45) is 30.3. The first-order chi connectivity index (χ1) is 20.3. The highest BCUT2D eigenvalue weighted by atomic mass is 16.4. The number of unbranched alkanes of at least 4 members (excludes halogenated alkanes) is 17. The molecule has 0 bridgehead atoms. The number of nitrogens with zero attached hydrogens (tertiary/aromatic N) is 1. The van der Waals surface area contributed by atoms with Crippen molar-refractivity contribution in [2.75, 3.05) is 26.2 Å². The number of carbonyl (C=O) groups is 3. The molecule has 0 spiro atoms. The average molecular weight is 597 g/mol. The predicted molar refractivity (Wildman–Crippen MR) is 173 cm³/mol. The summed E-state index contributed by atoms with van der Waals surface area (Å²) in [6.45, 7) is 5.94. The number of carboxylic acid groups (broad SMARTS) is 3. The van der Waals surface area contributed by atoms with Gasteiger partial charge in [-0.2, -0.15) is 0 Å². The molecule has 0 heterocycles. The van der Waals surface area contributed by atoms with Crippen molar-refractivity contribution < 1.29 is 34.2 Å². The Labute approximate surface area is 257 Å². The van der Waals surface area contributed by atoms with Crippen molar-refractivity contribution >= 4 is 17.9 Å². The van der Waals surface area contributed by atoms with E-state index < -0.39 is 17.9 Å². The molecule has 0 aromatic heterocycles. The molecular weight excluding hydrogens is 530 g/mol. The zero-order chi connectivity index (χ0) is 31.2. The Morgan fingerprint density at radius 2 is 0.714 bits per heavy atom. The molecule has 246 valence electrons. The number of aliphatic carboxylic acids is 3. The lowest BCUT2D eigenvalue weighted by Crippen LogP contribution is -2.51. The van der Waals surface area contributed by atoms with Crippen LogP contribution in [0.25, 0.3) is 0 Å². The van der Waals surface area contributed by atoms with Crippen LogP contribution in [0.1, 0.15) is 167 Å². The van der Waals surface area contributed by atoms with Crippen molar-refractivity contribution in [1.29, 1.82) is 0 Å². The Hall–Kier alpha value is -1.89. The average Bonchev–Trinajstić information content (AvgIpc) is 2.94. The maximum Gasteiger partial charge on any atom is 0.303 e. The van der Waals surface area contributed by atoms with Gasteiger partial charge in [0.25, 0.3) is 0 Å². The molecule has 0 radical (unpaired) electrons. The van der Waals surface area contributed by atoms with Crippen molar-refractivity contribution in [2.24, 2.45) is 0 Å². The summed E-state index contributed by atoms with van der Waals surface area (Å²) < 4.78 is 0.864. The maximum atomic E-state index is 11.0. The van der Waals surface area contributed by atoms with Gasteiger partial charge in [-0.1, -0.05) is 83.3 Å². The summed E-state index contributed by atoms with van der Waals surface area (Å²) in [5.74, 6) is -2.31. The fraction of sp³-hybridized carbons (Fsp3) is 0.857. The Bertz CT molecular complexity index is 638. The fourth-order valence-electron chi connectivity index (χ4n) is 5.89. The topological polar surface area (TPSA) is 112 Å². The molecule has 0 aliphatic carbocycles. The summed E-state index contributed by atoms with van der Waals surface area (Å²) in [7, 11) is 0. The first kappa shape index (κ1) is 40.1. The zero-order valence-electron chi connectivity index (χ0n) is 27.2. The molecule has 0 aromatic carbocycles. The van der Waals surface area contributed by atoms with Gasteiger partial charge in [-0.05, 0) is 77.0 Å². The van der Waals surface area contributed by atoms with Gasteiger partial charge in [0.05, 0.1) is 26.2 Å². The summed E-state index contributed by atoms with van der Waals surface area (Å²) >= 11 is 0. The highest BCUT2D eigenvalue weighted by Gasteiger charge is 2.26. The maximum absolute atomic E-state index is 11.0. The second kappa shape index (κ2) is 29.2. The van der Waals surface area contributed by atoms with Gasteiger partial charge < -0.3 is 19.8 Å². The first-order valence-electron chi connectivity index (χ1n) is 17.5. The van der Waals surface area contributed by atoms with Gasteiger partial charge in [0.2, 0.25) is 0 Å². The number of hydrogen-bond donors (Lipinski definition) is 3. The lowest BCUT2D eigenvalue weighted by atomic mass is 10.1. The van der Waals surface area contributed by atoms with Crippen LogP contribution in [0, 0.1) is 0 Å². The van der Waals surface area contributed by atoms with Crippen molar-refractivity contribution in [3.05, 3.63) is 12.2 Å². The number of hydrogen-bond acceptors (Lipinski definition) is 3. The van der Waals surface area contributed by atoms with Gasteiger partial charge >= 0.3 is 17.9 Å². The molecule has 0 fully saturated rings. The fourth-order valence-corrected chi connectivity index (χ4v) is 5.89. The zero-order valence-corrected chi connectivity index (χ0v) is 27.2. The van der Waals surface area contributed by atoms with E-state index in [0.29, 0.717) is 19.3 Å². The van der Waals surface area contributed by atoms with Crippen LogP contribution in [0.15, 0.2) is 12.2 Å². The van der Waals surface area contributed by atoms with Gasteiger partial charge in [-0.25, -0.2) is 0 Å². The first-order valence-corrected chi connectivity index (χ1v) is 17.5. The summed E-state index contributed by atoms with van der Waals surface area (Å²) in [6, 6.07) is 0. The van der Waals surface area contributed by atoms with Crippen molar-refractivity contribution in [3.8, 4) is 0 Å². The summed E-state index contributed by atoms with van der Waals surface area (Å²) in [4.78, 5) is 33.0. The van der Waals surface area contributed by atoms with Gasteiger partial charge in [0.15, 0.2) is 0 Å². The minimum atomic E-state index is -0.769. The Kier molecular flexibility index (Phi) is 27.9. The molecule has 0 amide bonds. The largest absolute Gasteiger partial charge is 0.481 e. The molecule has 7 heteroatoms. The monoisotopic (exact) mass is 596 g/mol. The molecule has 0 rings (SSSR count). The van der Waals surface area contributed by atoms with Crippen LogP contribution >= 0.6 is 0 Å². The number of allylic oxidation sites excluding steroid dienone is 2. The number of carboxylic acids is 3. The van der Waals surface area contributed by atoms with E-state index in [-0.39, 0.29) is 19.3 Å². The Balaban J connectivity index is 4.37. The third-order valence-corrected chi connectivity index (χ3v) is 8.46. The number of rotatable bonds is 33. The molecule has 3 N–H and O–H groups in total. The van der Waals surface area contributed by atoms with E-state index >= 15 is 0 Å². The molecule has 0 saturated heterocycles. The van der Waals surface area contributed by atoms with Crippen LogP contribution in [-0.2, 0) is 14.4 Å². The van der Waals surface area contributed by atoms with Gasteiger partial charge in [0, 0.05) is 19.3 Å². The number of quaternary nitrogens is 1. The minimum Gasteiger partial charge on any atom is -0.481 e. The second-order valence-corrected chi connectivity index (χ2v) is 12.4. The van der Waals surface area contributed by atoms with Crippen molar-refractivity contribution in [1.82, 2.24) is 0 Å². The molecule has 0 aliphatic rings. The van der Waals surface area contributed by atoms with Gasteiger partial charge in [0.1, 0.15) is 0 Å². The lowest BCUT2D eigenvalue weighted by Gasteiger charge is -2.39. The lowest BCUT2D eigenvalue weighted by molar-refractivity contribution is -0.929. The molecule has 0 atom stereocenters. The SMILES string of the molecule is CCCCCCCCCC/C=C/CCCCCCCC[N+](CCCCC(=O)O)(CCCCC(=O)O)CCCCC(=O)O. The highest BCUT2D eigenvalue weighted by molar-refractivity contribution is 5.67. The van der Waals surface area contributed by atoms with Crippen molar-refractivity contribution in [2.45, 2.75) is 167 Å². The van der Waals surface area contributed by atoms with E-state index in [1.807, 2.05) is 0 Å². The van der Waals surface area contributed by atoms with E-state index in [0.717, 1.165) is 56.3 Å². The highest BCUT2D eigenvalue weighted by Crippen LogP contribution is 2.19. The molecule has 0 aliphatic heterocycles. The van der Waals surface area contributed by atoms with Crippen LogP contribution in [0.4, 0.5) is 0 Å². The quantitative estimate of drug-likeness (QED) is 0.0395. The standard InChI is InChI=1S/C35H65NO6/c1-2-3-4-5-6-7-8-9-10-11-12-13-14-15-16-17-18-22-29-36(30-23-19-26-33(37)38,31-24-20-27-34(39)40)32-25-21-28-35(41)42/h11-12H,2-10,13-32H2,1H3,(H2-,37,38,39,40,41,42)/p+1/b12-11+. The molecule has 42 heavy (non-hydrogen) atoms. The second-order valence-electron chi connectivity index (χ2n) is 12.4. The van der Waals surface area contributed by atoms with E-state index in [1.165, 1.54) is 96.3 Å². The van der Waals surface area contributed by atoms with Crippen LogP contribution in [0.2, 0.25) is 0 Å². The smallest absolute Gasteiger partial charge is 0.303 e. The van der Waals surface area contributed by atoms with E-state index in [4.69, 9.17) is 15.3 Å². The van der Waals surface area contributed by atoms with Crippen LogP contribution < -0.4 is 0 Å². The predicted octanol–water partition coefficient (Wildman–Crippen LogP) is 9.39.